The molecule has 0 aromatic heterocycles. The van der Waals surface area contributed by atoms with Gasteiger partial charge in [0.05, 0.1) is 12.5 Å². The van der Waals surface area contributed by atoms with Crippen LogP contribution < -0.4 is 10.6 Å². The molecule has 0 aliphatic carbocycles. The molecule has 1 aliphatic heterocycles. The maximum absolute atomic E-state index is 12.1. The molecule has 0 spiro atoms. The third-order valence-electron chi connectivity index (χ3n) is 3.00. The van der Waals surface area contributed by atoms with Crippen LogP contribution in [-0.4, -0.2) is 74.5 Å². The molecule has 0 aromatic rings. The van der Waals surface area contributed by atoms with E-state index in [2.05, 4.69) is 17.2 Å². The van der Waals surface area contributed by atoms with Crippen LogP contribution in [0.5, 0.6) is 0 Å². The zero-order chi connectivity index (χ0) is 14.3. The monoisotopic (exact) mass is 304 g/mol. The van der Waals surface area contributed by atoms with E-state index < -0.39 is 6.04 Å². The Bertz CT molecular complexity index is 336. The molecular weight excluding hydrogens is 280 g/mol. The largest absolute Gasteiger partial charge is 0.355 e. The number of nitrogens with one attached hydrogen (secondary N) is 2. The summed E-state index contributed by atoms with van der Waals surface area (Å²) in [6, 6.07) is -0.409. The molecule has 1 heterocycles. The number of nitrogens with zero attached hydrogens (tertiary/aromatic N) is 2. The van der Waals surface area contributed by atoms with E-state index in [9.17, 15) is 9.59 Å². The van der Waals surface area contributed by atoms with Gasteiger partial charge in [0.25, 0.3) is 0 Å². The number of halogens is 1. The summed E-state index contributed by atoms with van der Waals surface area (Å²) < 4.78 is 0. The lowest BCUT2D eigenvalue weighted by atomic mass is 10.1. The van der Waals surface area contributed by atoms with Gasteiger partial charge < -0.3 is 20.4 Å². The normalized spacial score (nSPS) is 18.6. The van der Waals surface area contributed by atoms with Crippen LogP contribution in [0, 0.1) is 0 Å². The van der Waals surface area contributed by atoms with Crippen molar-refractivity contribution in [3.05, 3.63) is 12.7 Å². The Morgan fingerprint density at radius 3 is 2.90 bits per heavy atom. The second kappa shape index (κ2) is 9.74. The zero-order valence-corrected chi connectivity index (χ0v) is 13.0. The summed E-state index contributed by atoms with van der Waals surface area (Å²) in [5, 5.41) is 5.91. The number of carbonyl (C=O) groups is 2. The van der Waals surface area contributed by atoms with Crippen molar-refractivity contribution in [3.63, 3.8) is 0 Å². The maximum Gasteiger partial charge on any atom is 0.240 e. The molecule has 2 N–H and O–H groups in total. The molecule has 1 rings (SSSR count). The van der Waals surface area contributed by atoms with E-state index >= 15 is 0 Å². The minimum absolute atomic E-state index is 0. The van der Waals surface area contributed by atoms with Crippen molar-refractivity contribution in [3.8, 4) is 0 Å². The van der Waals surface area contributed by atoms with Crippen molar-refractivity contribution in [2.24, 2.45) is 0 Å². The molecule has 0 bridgehead atoms. The van der Waals surface area contributed by atoms with Gasteiger partial charge in [-0.25, -0.2) is 0 Å². The van der Waals surface area contributed by atoms with E-state index in [1.807, 2.05) is 19.0 Å². The van der Waals surface area contributed by atoms with Crippen molar-refractivity contribution in [1.29, 1.82) is 0 Å². The van der Waals surface area contributed by atoms with Gasteiger partial charge in [0.1, 0.15) is 0 Å². The fraction of sp³-hybridized carbons (Fsp3) is 0.692. The van der Waals surface area contributed by atoms with E-state index in [0.717, 1.165) is 13.1 Å². The predicted molar refractivity (Wildman–Crippen MR) is 82.0 cm³/mol. The first-order valence-corrected chi connectivity index (χ1v) is 6.59. The summed E-state index contributed by atoms with van der Waals surface area (Å²) in [6.07, 6.45) is 1.90. The average molecular weight is 305 g/mol. The van der Waals surface area contributed by atoms with E-state index in [0.29, 0.717) is 19.6 Å². The Hall–Kier alpha value is -1.11. The fourth-order valence-electron chi connectivity index (χ4n) is 1.96. The lowest BCUT2D eigenvalue weighted by molar-refractivity contribution is -0.137. The number of amides is 2. The first-order chi connectivity index (χ1) is 9.04. The van der Waals surface area contributed by atoms with Crippen LogP contribution in [0.1, 0.15) is 6.42 Å². The lowest BCUT2D eigenvalue weighted by Crippen LogP contribution is -2.56. The highest BCUT2D eigenvalue weighted by Gasteiger charge is 2.29. The molecule has 2 amide bonds. The van der Waals surface area contributed by atoms with Crippen molar-refractivity contribution in [1.82, 2.24) is 20.4 Å². The van der Waals surface area contributed by atoms with Crippen molar-refractivity contribution in [2.45, 2.75) is 12.5 Å². The van der Waals surface area contributed by atoms with Gasteiger partial charge in [-0.1, -0.05) is 6.08 Å². The van der Waals surface area contributed by atoms with Gasteiger partial charge in [-0.05, 0) is 14.1 Å². The van der Waals surface area contributed by atoms with Gasteiger partial charge in [-0.3, -0.25) is 9.59 Å². The van der Waals surface area contributed by atoms with E-state index in [4.69, 9.17) is 0 Å². The third kappa shape index (κ3) is 6.36. The highest BCUT2D eigenvalue weighted by atomic mass is 35.5. The van der Waals surface area contributed by atoms with E-state index in [-0.39, 0.29) is 30.6 Å². The first kappa shape index (κ1) is 18.9. The third-order valence-corrected chi connectivity index (χ3v) is 3.00. The van der Waals surface area contributed by atoms with Crippen molar-refractivity contribution >= 4 is 24.2 Å². The van der Waals surface area contributed by atoms with Crippen LogP contribution in [0.3, 0.4) is 0 Å². The molecule has 116 valence electrons. The number of hydrogen-bond donors (Lipinski definition) is 2. The second-order valence-corrected chi connectivity index (χ2v) is 4.94. The van der Waals surface area contributed by atoms with Gasteiger partial charge in [0.2, 0.25) is 11.8 Å². The number of likely N-dealkylation sites (N-methyl/N-ethyl adjacent to an activating group) is 1. The Balaban J connectivity index is 0.00000361. The topological polar surface area (TPSA) is 64.7 Å². The first-order valence-electron chi connectivity index (χ1n) is 6.59. The van der Waals surface area contributed by atoms with Crippen LogP contribution >= 0.6 is 12.4 Å². The molecule has 1 saturated heterocycles. The lowest BCUT2D eigenvalue weighted by Gasteiger charge is -2.32. The average Bonchev–Trinajstić information content (AvgIpc) is 2.34. The highest BCUT2D eigenvalue weighted by molar-refractivity contribution is 5.89. The Morgan fingerprint density at radius 1 is 1.60 bits per heavy atom. The molecular formula is C13H25ClN4O2. The molecule has 1 atom stereocenters. The quantitative estimate of drug-likeness (QED) is 0.620. The minimum Gasteiger partial charge on any atom is -0.355 e. The van der Waals surface area contributed by atoms with Crippen molar-refractivity contribution < 1.29 is 9.59 Å². The molecule has 1 aliphatic rings. The Kier molecular flexibility index (Phi) is 9.20. The summed E-state index contributed by atoms with van der Waals surface area (Å²) in [5.74, 6) is -0.109. The fourth-order valence-corrected chi connectivity index (χ4v) is 1.96. The van der Waals surface area contributed by atoms with Gasteiger partial charge in [0.15, 0.2) is 0 Å². The summed E-state index contributed by atoms with van der Waals surface area (Å²) >= 11 is 0. The smallest absolute Gasteiger partial charge is 0.240 e. The van der Waals surface area contributed by atoms with E-state index in [1.54, 1.807) is 11.0 Å². The van der Waals surface area contributed by atoms with Crippen molar-refractivity contribution in [2.75, 3.05) is 46.8 Å². The molecule has 6 nitrogen and oxygen atoms in total. The Morgan fingerprint density at radius 2 is 2.30 bits per heavy atom. The van der Waals surface area contributed by atoms with Crippen LogP contribution in [-0.2, 0) is 9.59 Å². The summed E-state index contributed by atoms with van der Waals surface area (Å²) in [7, 11) is 3.90. The summed E-state index contributed by atoms with van der Waals surface area (Å²) in [4.78, 5) is 27.5. The summed E-state index contributed by atoms with van der Waals surface area (Å²) in [6.45, 7) is 6.95. The van der Waals surface area contributed by atoms with Gasteiger partial charge >= 0.3 is 0 Å². The molecule has 1 unspecified atom stereocenters. The summed E-state index contributed by atoms with van der Waals surface area (Å²) in [5.41, 5.74) is 0. The highest BCUT2D eigenvalue weighted by Crippen LogP contribution is 2.05. The molecule has 0 aromatic carbocycles. The molecule has 7 heteroatoms. The van der Waals surface area contributed by atoms with Crippen LogP contribution in [0.25, 0.3) is 0 Å². The standard InChI is InChI=1S/C13H24N4O2.ClH/c1-4-7-17-9-6-14-11(13(17)19)10-12(18)15-5-8-16(2)3;/h4,11,14H,1,5-10H2,2-3H3,(H,15,18);1H. The SMILES string of the molecule is C=CCN1CCNC(CC(=O)NCCN(C)C)C1=O.Cl. The minimum atomic E-state index is -0.409. The predicted octanol–water partition coefficient (Wildman–Crippen LogP) is -0.537. The maximum atomic E-state index is 12.1. The van der Waals surface area contributed by atoms with E-state index in [1.165, 1.54) is 0 Å². The van der Waals surface area contributed by atoms with Crippen LogP contribution in [0.4, 0.5) is 0 Å². The number of carbonyl (C=O) groups excluding carboxylic acids is 2. The van der Waals surface area contributed by atoms with Gasteiger partial charge in [0, 0.05) is 32.7 Å². The van der Waals surface area contributed by atoms with Gasteiger partial charge in [-0.15, -0.1) is 19.0 Å². The molecule has 1 fully saturated rings. The molecule has 0 saturated carbocycles. The number of hydrogen-bond acceptors (Lipinski definition) is 4. The number of rotatable bonds is 7. The second-order valence-electron chi connectivity index (χ2n) is 4.94. The van der Waals surface area contributed by atoms with Crippen LogP contribution in [0.15, 0.2) is 12.7 Å². The number of piperazine rings is 1. The molecule has 0 radical (unpaired) electrons. The molecule has 20 heavy (non-hydrogen) atoms. The Labute approximate surface area is 127 Å². The van der Waals surface area contributed by atoms with Crippen LogP contribution in [0.2, 0.25) is 0 Å². The zero-order valence-electron chi connectivity index (χ0n) is 12.2. The van der Waals surface area contributed by atoms with Gasteiger partial charge in [-0.2, -0.15) is 0 Å².